The first-order chi connectivity index (χ1) is 5.75. The van der Waals surface area contributed by atoms with Gasteiger partial charge in [0, 0.05) is 0 Å². The van der Waals surface area contributed by atoms with Gasteiger partial charge in [-0.2, -0.15) is 0 Å². The highest BCUT2D eigenvalue weighted by atomic mass is 16.4. The van der Waals surface area contributed by atoms with E-state index < -0.39 is 11.4 Å². The molecule has 0 aromatic rings. The number of carboxylic acids is 1. The summed E-state index contributed by atoms with van der Waals surface area (Å²) >= 11 is 0. The molecule has 0 aromatic carbocycles. The highest BCUT2D eigenvalue weighted by Crippen LogP contribution is 2.48. The van der Waals surface area contributed by atoms with Crippen LogP contribution in [-0.2, 0) is 4.79 Å². The molecule has 0 radical (unpaired) electrons. The molecule has 0 aromatic heterocycles. The molecule has 0 heterocycles. The van der Waals surface area contributed by atoms with Gasteiger partial charge in [0.2, 0.25) is 0 Å². The van der Waals surface area contributed by atoms with Gasteiger partial charge in [-0.15, -0.1) is 0 Å². The predicted molar refractivity (Wildman–Crippen MR) is 52.5 cm³/mol. The second kappa shape index (κ2) is 3.00. The molecule has 2 nitrogen and oxygen atoms in total. The molecule has 0 saturated heterocycles. The summed E-state index contributed by atoms with van der Waals surface area (Å²) in [5, 5.41) is 9.15. The SMILES string of the molecule is CC1CC(C)(C)CC(C)(C(=O)O)C1. The van der Waals surface area contributed by atoms with E-state index in [1.807, 2.05) is 6.92 Å². The number of aliphatic carboxylic acids is 1. The lowest BCUT2D eigenvalue weighted by Crippen LogP contribution is -2.40. The van der Waals surface area contributed by atoms with Crippen LogP contribution in [0.25, 0.3) is 0 Å². The molecule has 1 rings (SSSR count). The zero-order valence-electron chi connectivity index (χ0n) is 9.05. The van der Waals surface area contributed by atoms with Gasteiger partial charge in [-0.05, 0) is 37.5 Å². The Bertz CT molecular complexity index is 220. The molecule has 1 fully saturated rings. The van der Waals surface area contributed by atoms with Gasteiger partial charge >= 0.3 is 5.97 Å². The first kappa shape index (κ1) is 10.6. The largest absolute Gasteiger partial charge is 0.481 e. The van der Waals surface area contributed by atoms with Crippen molar-refractivity contribution < 1.29 is 9.90 Å². The smallest absolute Gasteiger partial charge is 0.309 e. The van der Waals surface area contributed by atoms with Gasteiger partial charge < -0.3 is 5.11 Å². The number of rotatable bonds is 1. The number of hydrogen-bond donors (Lipinski definition) is 1. The molecule has 0 aliphatic heterocycles. The summed E-state index contributed by atoms with van der Waals surface area (Å²) in [6.07, 6.45) is 2.78. The second-order valence-corrected chi connectivity index (χ2v) is 5.72. The number of carbonyl (C=O) groups is 1. The van der Waals surface area contributed by atoms with Crippen molar-refractivity contribution in [1.29, 1.82) is 0 Å². The number of hydrogen-bond acceptors (Lipinski definition) is 1. The molecule has 0 bridgehead atoms. The van der Waals surface area contributed by atoms with Gasteiger partial charge in [-0.25, -0.2) is 0 Å². The minimum absolute atomic E-state index is 0.185. The van der Waals surface area contributed by atoms with Gasteiger partial charge in [-0.1, -0.05) is 20.8 Å². The Labute approximate surface area is 80.3 Å². The Kier molecular flexibility index (Phi) is 2.44. The van der Waals surface area contributed by atoms with Crippen LogP contribution in [0, 0.1) is 16.7 Å². The monoisotopic (exact) mass is 184 g/mol. The Hall–Kier alpha value is -0.530. The summed E-state index contributed by atoms with van der Waals surface area (Å²) in [5.74, 6) is -0.100. The third-order valence-corrected chi connectivity index (χ3v) is 3.09. The van der Waals surface area contributed by atoms with Crippen LogP contribution in [0.3, 0.4) is 0 Å². The third-order valence-electron chi connectivity index (χ3n) is 3.09. The van der Waals surface area contributed by atoms with Crippen LogP contribution in [-0.4, -0.2) is 11.1 Å². The van der Waals surface area contributed by atoms with E-state index in [4.69, 9.17) is 5.11 Å². The van der Waals surface area contributed by atoms with Crippen LogP contribution >= 0.6 is 0 Å². The van der Waals surface area contributed by atoms with Crippen molar-refractivity contribution in [3.8, 4) is 0 Å². The van der Waals surface area contributed by atoms with Gasteiger partial charge in [0.1, 0.15) is 0 Å². The van der Waals surface area contributed by atoms with Gasteiger partial charge in [0.25, 0.3) is 0 Å². The van der Waals surface area contributed by atoms with Gasteiger partial charge in [-0.3, -0.25) is 4.79 Å². The quantitative estimate of drug-likeness (QED) is 0.680. The summed E-state index contributed by atoms with van der Waals surface area (Å²) in [4.78, 5) is 11.1. The molecule has 76 valence electrons. The van der Waals surface area contributed by atoms with Crippen molar-refractivity contribution in [2.24, 2.45) is 16.7 Å². The molecule has 0 amide bonds. The summed E-state index contributed by atoms with van der Waals surface area (Å²) in [6, 6.07) is 0. The molecule has 2 unspecified atom stereocenters. The molecule has 1 N–H and O–H groups in total. The van der Waals surface area contributed by atoms with Crippen LogP contribution in [0.4, 0.5) is 0 Å². The van der Waals surface area contributed by atoms with E-state index in [1.165, 1.54) is 0 Å². The van der Waals surface area contributed by atoms with Crippen molar-refractivity contribution in [3.63, 3.8) is 0 Å². The van der Waals surface area contributed by atoms with Crippen molar-refractivity contribution in [2.75, 3.05) is 0 Å². The zero-order valence-corrected chi connectivity index (χ0v) is 9.05. The average Bonchev–Trinajstić information content (AvgIpc) is 1.79. The van der Waals surface area contributed by atoms with E-state index in [9.17, 15) is 4.79 Å². The lowest BCUT2D eigenvalue weighted by atomic mass is 9.61. The minimum atomic E-state index is -0.632. The molecule has 2 heteroatoms. The molecule has 1 aliphatic carbocycles. The molecule has 1 saturated carbocycles. The molecular formula is C11H20O2. The normalized spacial score (nSPS) is 38.6. The topological polar surface area (TPSA) is 37.3 Å². The maximum Gasteiger partial charge on any atom is 0.309 e. The van der Waals surface area contributed by atoms with Crippen molar-refractivity contribution in [2.45, 2.75) is 47.0 Å². The molecule has 13 heavy (non-hydrogen) atoms. The lowest BCUT2D eigenvalue weighted by Gasteiger charge is -2.43. The van der Waals surface area contributed by atoms with Crippen LogP contribution < -0.4 is 0 Å². The Morgan fingerprint density at radius 3 is 2.23 bits per heavy atom. The second-order valence-electron chi connectivity index (χ2n) is 5.72. The lowest BCUT2D eigenvalue weighted by molar-refractivity contribution is -0.153. The predicted octanol–water partition coefficient (Wildman–Crippen LogP) is 2.92. The van der Waals surface area contributed by atoms with Crippen LogP contribution in [0.5, 0.6) is 0 Å². The molecule has 0 spiro atoms. The molecular weight excluding hydrogens is 164 g/mol. The fourth-order valence-electron chi connectivity index (χ4n) is 3.15. The summed E-state index contributed by atoms with van der Waals surface area (Å²) in [6.45, 7) is 8.38. The third kappa shape index (κ3) is 2.23. The first-order valence-electron chi connectivity index (χ1n) is 4.99. The van der Waals surface area contributed by atoms with E-state index in [1.54, 1.807) is 0 Å². The van der Waals surface area contributed by atoms with Gasteiger partial charge in [0.05, 0.1) is 5.41 Å². The highest BCUT2D eigenvalue weighted by molar-refractivity contribution is 5.74. The van der Waals surface area contributed by atoms with E-state index in [0.717, 1.165) is 19.3 Å². The molecule has 1 aliphatic rings. The van der Waals surface area contributed by atoms with Gasteiger partial charge in [0.15, 0.2) is 0 Å². The Morgan fingerprint density at radius 2 is 1.85 bits per heavy atom. The van der Waals surface area contributed by atoms with Crippen molar-refractivity contribution >= 4 is 5.97 Å². The average molecular weight is 184 g/mol. The first-order valence-corrected chi connectivity index (χ1v) is 4.99. The summed E-state index contributed by atoms with van der Waals surface area (Å²) in [7, 11) is 0. The van der Waals surface area contributed by atoms with E-state index >= 15 is 0 Å². The van der Waals surface area contributed by atoms with E-state index in [0.29, 0.717) is 5.92 Å². The summed E-state index contributed by atoms with van der Waals surface area (Å²) < 4.78 is 0. The number of carboxylic acid groups (broad SMARTS) is 1. The fourth-order valence-corrected chi connectivity index (χ4v) is 3.15. The van der Waals surface area contributed by atoms with E-state index in [2.05, 4.69) is 20.8 Å². The maximum atomic E-state index is 11.1. The van der Waals surface area contributed by atoms with Crippen molar-refractivity contribution in [1.82, 2.24) is 0 Å². The highest BCUT2D eigenvalue weighted by Gasteiger charge is 2.44. The van der Waals surface area contributed by atoms with Crippen LogP contribution in [0.2, 0.25) is 0 Å². The molecule has 2 atom stereocenters. The summed E-state index contributed by atoms with van der Waals surface area (Å²) in [5.41, 5.74) is -0.314. The standard InChI is InChI=1S/C11H20O2/c1-8-5-10(2,3)7-11(4,6-8)9(12)13/h8H,5-7H2,1-4H3,(H,12,13). The maximum absolute atomic E-state index is 11.1. The van der Waals surface area contributed by atoms with E-state index in [-0.39, 0.29) is 5.41 Å². The van der Waals surface area contributed by atoms with Crippen LogP contribution in [0.15, 0.2) is 0 Å². The fraction of sp³-hybridized carbons (Fsp3) is 0.909. The Morgan fingerprint density at radius 1 is 1.31 bits per heavy atom. The Balaban J connectivity index is 2.84. The minimum Gasteiger partial charge on any atom is -0.481 e. The zero-order chi connectivity index (χ0) is 10.3. The van der Waals surface area contributed by atoms with Crippen molar-refractivity contribution in [3.05, 3.63) is 0 Å². The van der Waals surface area contributed by atoms with Crippen LogP contribution in [0.1, 0.15) is 47.0 Å².